The summed E-state index contributed by atoms with van der Waals surface area (Å²) in [6.07, 6.45) is 1.39. The molecular formula is C24H31BrClN3O4S. The number of carbonyl (C=O) groups excluding carboxylic acids is 2. The van der Waals surface area contributed by atoms with Gasteiger partial charge in [0.15, 0.2) is 0 Å². The van der Waals surface area contributed by atoms with E-state index in [4.69, 9.17) is 11.6 Å². The zero-order valence-electron chi connectivity index (χ0n) is 20.0. The Morgan fingerprint density at radius 3 is 2.18 bits per heavy atom. The molecule has 0 heterocycles. The van der Waals surface area contributed by atoms with Crippen LogP contribution in [0.2, 0.25) is 5.02 Å². The summed E-state index contributed by atoms with van der Waals surface area (Å²) in [4.78, 5) is 28.1. The van der Waals surface area contributed by atoms with Crippen molar-refractivity contribution in [1.29, 1.82) is 0 Å². The second-order valence-corrected chi connectivity index (χ2v) is 12.3. The van der Waals surface area contributed by atoms with E-state index in [1.54, 1.807) is 48.5 Å². The third-order valence-corrected chi connectivity index (χ3v) is 7.01. The average Bonchev–Trinajstić information content (AvgIpc) is 2.71. The van der Waals surface area contributed by atoms with Gasteiger partial charge in [0.25, 0.3) is 0 Å². The van der Waals surface area contributed by atoms with Gasteiger partial charge >= 0.3 is 0 Å². The molecule has 1 atom stereocenters. The summed E-state index contributed by atoms with van der Waals surface area (Å²) in [5.74, 6) is -0.825. The monoisotopic (exact) mass is 571 g/mol. The number of amides is 2. The van der Waals surface area contributed by atoms with Crippen molar-refractivity contribution in [3.05, 3.63) is 63.6 Å². The first-order valence-corrected chi connectivity index (χ1v) is 13.8. The van der Waals surface area contributed by atoms with Gasteiger partial charge in [-0.25, -0.2) is 8.42 Å². The Kier molecular flexibility index (Phi) is 9.56. The Balaban J connectivity index is 2.46. The van der Waals surface area contributed by atoms with Crippen molar-refractivity contribution in [2.45, 2.75) is 52.2 Å². The van der Waals surface area contributed by atoms with Gasteiger partial charge in [-0.05, 0) is 63.1 Å². The third-order valence-electron chi connectivity index (χ3n) is 4.98. The molecule has 0 spiro atoms. The molecule has 1 N–H and O–H groups in total. The minimum absolute atomic E-state index is 0.0620. The van der Waals surface area contributed by atoms with Crippen molar-refractivity contribution in [2.24, 2.45) is 0 Å². The second kappa shape index (κ2) is 11.6. The summed E-state index contributed by atoms with van der Waals surface area (Å²) in [6, 6.07) is 12.9. The van der Waals surface area contributed by atoms with Crippen molar-refractivity contribution in [3.8, 4) is 0 Å². The molecule has 0 radical (unpaired) electrons. The minimum atomic E-state index is -3.78. The number of halogens is 2. The Labute approximate surface area is 215 Å². The van der Waals surface area contributed by atoms with Gasteiger partial charge in [-0.2, -0.15) is 0 Å². The number of anilines is 1. The average molecular weight is 573 g/mol. The van der Waals surface area contributed by atoms with Gasteiger partial charge in [0.05, 0.1) is 11.9 Å². The van der Waals surface area contributed by atoms with Gasteiger partial charge in [0.1, 0.15) is 12.6 Å². The fraction of sp³-hybridized carbons (Fsp3) is 0.417. The van der Waals surface area contributed by atoms with E-state index in [2.05, 4.69) is 21.2 Å². The number of sulfonamides is 1. The third kappa shape index (κ3) is 7.99. The molecule has 34 heavy (non-hydrogen) atoms. The lowest BCUT2D eigenvalue weighted by atomic mass is 10.1. The first kappa shape index (κ1) is 28.1. The lowest BCUT2D eigenvalue weighted by Gasteiger charge is -2.34. The number of rotatable bonds is 9. The fourth-order valence-electron chi connectivity index (χ4n) is 3.40. The Bertz CT molecular complexity index is 1120. The number of nitrogens with zero attached hydrogens (tertiary/aromatic N) is 2. The van der Waals surface area contributed by atoms with Crippen LogP contribution >= 0.6 is 27.5 Å². The van der Waals surface area contributed by atoms with Crippen LogP contribution in [-0.4, -0.2) is 49.5 Å². The van der Waals surface area contributed by atoms with Crippen LogP contribution in [0.3, 0.4) is 0 Å². The lowest BCUT2D eigenvalue weighted by molar-refractivity contribution is -0.141. The Morgan fingerprint density at radius 2 is 1.68 bits per heavy atom. The molecule has 0 saturated carbocycles. The summed E-state index contributed by atoms with van der Waals surface area (Å²) >= 11 is 9.68. The highest BCUT2D eigenvalue weighted by molar-refractivity contribution is 9.10. The summed E-state index contributed by atoms with van der Waals surface area (Å²) < 4.78 is 27.0. The van der Waals surface area contributed by atoms with Crippen LogP contribution in [0, 0.1) is 0 Å². The molecule has 1 unspecified atom stereocenters. The molecule has 2 rings (SSSR count). The number of hydrogen-bond acceptors (Lipinski definition) is 4. The summed E-state index contributed by atoms with van der Waals surface area (Å²) in [7, 11) is -3.78. The number of benzene rings is 2. The SMILES string of the molecule is CCC(C(=O)NC(C)(C)C)N(Cc1ccccc1Cl)C(=O)CN(c1ccc(Br)cc1)S(C)(=O)=O. The Morgan fingerprint density at radius 1 is 1.09 bits per heavy atom. The molecule has 7 nitrogen and oxygen atoms in total. The normalized spacial score (nSPS) is 12.7. The summed E-state index contributed by atoms with van der Waals surface area (Å²) in [5.41, 5.74) is 0.512. The van der Waals surface area contributed by atoms with Crippen LogP contribution in [0.1, 0.15) is 39.7 Å². The topological polar surface area (TPSA) is 86.8 Å². The fourth-order valence-corrected chi connectivity index (χ4v) is 4.71. The van der Waals surface area contributed by atoms with E-state index in [0.717, 1.165) is 15.0 Å². The summed E-state index contributed by atoms with van der Waals surface area (Å²) in [5, 5.41) is 3.38. The van der Waals surface area contributed by atoms with Crippen molar-refractivity contribution in [3.63, 3.8) is 0 Å². The largest absolute Gasteiger partial charge is 0.350 e. The first-order chi connectivity index (χ1) is 15.7. The number of nitrogens with one attached hydrogen (secondary N) is 1. The van der Waals surface area contributed by atoms with Crippen LogP contribution in [-0.2, 0) is 26.2 Å². The number of carbonyl (C=O) groups is 2. The van der Waals surface area contributed by atoms with E-state index in [1.165, 1.54) is 4.90 Å². The van der Waals surface area contributed by atoms with E-state index >= 15 is 0 Å². The zero-order valence-corrected chi connectivity index (χ0v) is 23.2. The minimum Gasteiger partial charge on any atom is -0.350 e. The van der Waals surface area contributed by atoms with E-state index in [0.29, 0.717) is 22.7 Å². The second-order valence-electron chi connectivity index (χ2n) is 9.02. The van der Waals surface area contributed by atoms with E-state index in [-0.39, 0.29) is 12.5 Å². The van der Waals surface area contributed by atoms with Gasteiger partial charge in [-0.1, -0.05) is 52.7 Å². The molecular weight excluding hydrogens is 542 g/mol. The molecule has 0 bridgehead atoms. The molecule has 0 aliphatic carbocycles. The predicted octanol–water partition coefficient (Wildman–Crippen LogP) is 4.59. The maximum Gasteiger partial charge on any atom is 0.244 e. The molecule has 2 aromatic carbocycles. The molecule has 0 saturated heterocycles. The smallest absolute Gasteiger partial charge is 0.244 e. The molecule has 10 heteroatoms. The van der Waals surface area contributed by atoms with Crippen molar-refractivity contribution >= 4 is 55.1 Å². The zero-order chi connectivity index (χ0) is 25.7. The highest BCUT2D eigenvalue weighted by Crippen LogP contribution is 2.23. The van der Waals surface area contributed by atoms with Crippen molar-refractivity contribution < 1.29 is 18.0 Å². The van der Waals surface area contributed by atoms with Crippen LogP contribution in [0.4, 0.5) is 5.69 Å². The molecule has 0 aliphatic heterocycles. The predicted molar refractivity (Wildman–Crippen MR) is 140 cm³/mol. The molecule has 2 amide bonds. The van der Waals surface area contributed by atoms with Crippen LogP contribution in [0.25, 0.3) is 0 Å². The van der Waals surface area contributed by atoms with Crippen LogP contribution < -0.4 is 9.62 Å². The van der Waals surface area contributed by atoms with Crippen LogP contribution in [0.15, 0.2) is 53.0 Å². The van der Waals surface area contributed by atoms with Crippen molar-refractivity contribution in [1.82, 2.24) is 10.2 Å². The van der Waals surface area contributed by atoms with Crippen LogP contribution in [0.5, 0.6) is 0 Å². The van der Waals surface area contributed by atoms with E-state index < -0.39 is 34.1 Å². The molecule has 0 aliphatic rings. The van der Waals surface area contributed by atoms with Gasteiger partial charge in [0.2, 0.25) is 21.8 Å². The highest BCUT2D eigenvalue weighted by atomic mass is 79.9. The van der Waals surface area contributed by atoms with Gasteiger partial charge in [0, 0.05) is 21.6 Å². The van der Waals surface area contributed by atoms with E-state index in [9.17, 15) is 18.0 Å². The van der Waals surface area contributed by atoms with E-state index in [1.807, 2.05) is 27.7 Å². The van der Waals surface area contributed by atoms with Gasteiger partial charge in [-0.3, -0.25) is 13.9 Å². The lowest BCUT2D eigenvalue weighted by Crippen LogP contribution is -2.55. The molecule has 0 aromatic heterocycles. The summed E-state index contributed by atoms with van der Waals surface area (Å²) in [6.45, 7) is 6.99. The highest BCUT2D eigenvalue weighted by Gasteiger charge is 2.33. The maximum absolute atomic E-state index is 13.6. The van der Waals surface area contributed by atoms with Crippen molar-refractivity contribution in [2.75, 3.05) is 17.1 Å². The maximum atomic E-state index is 13.6. The number of hydrogen-bond donors (Lipinski definition) is 1. The standard InChI is InChI=1S/C24H31BrClN3O4S/c1-6-21(23(31)27-24(2,3)4)28(15-17-9-7-8-10-20(17)26)22(30)16-29(34(5,32)33)19-13-11-18(25)12-14-19/h7-14,21H,6,15-16H2,1-5H3,(H,27,31). The molecule has 0 fully saturated rings. The van der Waals surface area contributed by atoms with Gasteiger partial charge in [-0.15, -0.1) is 0 Å². The molecule has 186 valence electrons. The first-order valence-electron chi connectivity index (χ1n) is 10.8. The van der Waals surface area contributed by atoms with Gasteiger partial charge < -0.3 is 10.2 Å². The Hall–Kier alpha value is -2.10. The molecule has 2 aromatic rings. The quantitative estimate of drug-likeness (QED) is 0.476.